The SMILES string of the molecule is NC(=O)[C@H](CNC(=O)CCc1nccs1)Cc1ccc(F)cc1. The lowest BCUT2D eigenvalue weighted by atomic mass is 9.98. The zero-order chi connectivity index (χ0) is 16.7. The lowest BCUT2D eigenvalue weighted by Crippen LogP contribution is -2.37. The molecule has 23 heavy (non-hydrogen) atoms. The molecule has 7 heteroatoms. The molecule has 5 nitrogen and oxygen atoms in total. The van der Waals surface area contributed by atoms with Crippen molar-refractivity contribution in [1.29, 1.82) is 0 Å². The molecule has 0 saturated heterocycles. The third-order valence-corrected chi connectivity index (χ3v) is 4.23. The standard InChI is InChI=1S/C16H18FN3O2S/c17-13-3-1-11(2-4-13)9-12(16(18)22)10-20-14(21)5-6-15-19-7-8-23-15/h1-4,7-8,12H,5-6,9-10H2,(H2,18,22)(H,20,21)/t12-/m0/s1. The van der Waals surface area contributed by atoms with Crippen LogP contribution in [0.3, 0.4) is 0 Å². The zero-order valence-corrected chi connectivity index (χ0v) is 13.3. The number of amides is 2. The highest BCUT2D eigenvalue weighted by Gasteiger charge is 2.17. The molecule has 3 N–H and O–H groups in total. The van der Waals surface area contributed by atoms with Crippen molar-refractivity contribution in [2.45, 2.75) is 19.3 Å². The van der Waals surface area contributed by atoms with E-state index in [1.807, 2.05) is 5.38 Å². The van der Waals surface area contributed by atoms with Crippen LogP contribution in [0.25, 0.3) is 0 Å². The molecule has 1 atom stereocenters. The number of hydrogen-bond acceptors (Lipinski definition) is 4. The molecule has 0 radical (unpaired) electrons. The first-order chi connectivity index (χ1) is 11.0. The molecule has 1 aromatic heterocycles. The molecule has 122 valence electrons. The second-order valence-corrected chi connectivity index (χ2v) is 6.14. The summed E-state index contributed by atoms with van der Waals surface area (Å²) >= 11 is 1.50. The molecule has 2 amide bonds. The van der Waals surface area contributed by atoms with E-state index in [1.54, 1.807) is 18.3 Å². The van der Waals surface area contributed by atoms with Gasteiger partial charge in [0.25, 0.3) is 0 Å². The van der Waals surface area contributed by atoms with E-state index in [1.165, 1.54) is 23.5 Å². The number of carbonyl (C=O) groups excluding carboxylic acids is 2. The van der Waals surface area contributed by atoms with Crippen LogP contribution in [-0.4, -0.2) is 23.3 Å². The molecule has 2 aromatic rings. The van der Waals surface area contributed by atoms with Crippen molar-refractivity contribution in [3.8, 4) is 0 Å². The van der Waals surface area contributed by atoms with Gasteiger partial charge in [0.1, 0.15) is 5.82 Å². The summed E-state index contributed by atoms with van der Waals surface area (Å²) in [5, 5.41) is 5.48. The highest BCUT2D eigenvalue weighted by molar-refractivity contribution is 7.09. The summed E-state index contributed by atoms with van der Waals surface area (Å²) in [6, 6.07) is 5.88. The number of benzene rings is 1. The molecular formula is C16H18FN3O2S. The lowest BCUT2D eigenvalue weighted by Gasteiger charge is -2.14. The number of nitrogens with one attached hydrogen (secondary N) is 1. The normalized spacial score (nSPS) is 11.9. The van der Waals surface area contributed by atoms with E-state index in [4.69, 9.17) is 5.73 Å². The van der Waals surface area contributed by atoms with Gasteiger partial charge in [0.05, 0.1) is 10.9 Å². The number of halogens is 1. The van der Waals surface area contributed by atoms with Crippen LogP contribution < -0.4 is 11.1 Å². The van der Waals surface area contributed by atoms with Crippen molar-refractivity contribution in [3.05, 3.63) is 52.2 Å². The van der Waals surface area contributed by atoms with Gasteiger partial charge in [-0.2, -0.15) is 0 Å². The van der Waals surface area contributed by atoms with E-state index in [-0.39, 0.29) is 18.3 Å². The Hall–Kier alpha value is -2.28. The molecular weight excluding hydrogens is 317 g/mol. The van der Waals surface area contributed by atoms with E-state index in [0.29, 0.717) is 19.3 Å². The second kappa shape index (κ2) is 8.38. The topological polar surface area (TPSA) is 85.1 Å². The fourth-order valence-electron chi connectivity index (χ4n) is 2.10. The van der Waals surface area contributed by atoms with Gasteiger partial charge in [-0.15, -0.1) is 11.3 Å². The summed E-state index contributed by atoms with van der Waals surface area (Å²) in [6.45, 7) is 0.170. The van der Waals surface area contributed by atoms with Gasteiger partial charge in [-0.3, -0.25) is 9.59 Å². The molecule has 0 bridgehead atoms. The maximum absolute atomic E-state index is 12.9. The van der Waals surface area contributed by atoms with E-state index < -0.39 is 11.8 Å². The van der Waals surface area contributed by atoms with E-state index >= 15 is 0 Å². The number of aromatic nitrogens is 1. The Bertz CT molecular complexity index is 644. The van der Waals surface area contributed by atoms with Crippen molar-refractivity contribution in [2.75, 3.05) is 6.54 Å². The van der Waals surface area contributed by atoms with Gasteiger partial charge >= 0.3 is 0 Å². The molecule has 0 aliphatic rings. The highest BCUT2D eigenvalue weighted by Crippen LogP contribution is 2.10. The van der Waals surface area contributed by atoms with Crippen LogP contribution in [0.4, 0.5) is 4.39 Å². The maximum atomic E-state index is 12.9. The Balaban J connectivity index is 1.80. The number of primary amides is 1. The summed E-state index contributed by atoms with van der Waals surface area (Å²) in [4.78, 5) is 27.5. The predicted octanol–water partition coefficient (Wildman–Crippen LogP) is 1.68. The minimum atomic E-state index is -0.524. The minimum absolute atomic E-state index is 0.148. The van der Waals surface area contributed by atoms with Crippen molar-refractivity contribution in [1.82, 2.24) is 10.3 Å². The number of nitrogens with two attached hydrogens (primary N) is 1. The fraction of sp³-hybridized carbons (Fsp3) is 0.312. The van der Waals surface area contributed by atoms with Crippen LogP contribution in [-0.2, 0) is 22.4 Å². The molecule has 0 spiro atoms. The Labute approximate surface area is 137 Å². The van der Waals surface area contributed by atoms with Crippen LogP contribution in [0.15, 0.2) is 35.8 Å². The first-order valence-electron chi connectivity index (χ1n) is 7.23. The monoisotopic (exact) mass is 335 g/mol. The maximum Gasteiger partial charge on any atom is 0.222 e. The van der Waals surface area contributed by atoms with E-state index in [9.17, 15) is 14.0 Å². The first-order valence-corrected chi connectivity index (χ1v) is 8.11. The summed E-state index contributed by atoms with van der Waals surface area (Å²) in [6.07, 6.45) is 2.95. The number of thiazole rings is 1. The summed E-state index contributed by atoms with van der Waals surface area (Å²) in [5.41, 5.74) is 6.18. The Morgan fingerprint density at radius 3 is 2.65 bits per heavy atom. The third-order valence-electron chi connectivity index (χ3n) is 3.39. The molecule has 0 aliphatic carbocycles. The van der Waals surface area contributed by atoms with Crippen LogP contribution in [0.1, 0.15) is 17.0 Å². The predicted molar refractivity (Wildman–Crippen MR) is 86.2 cm³/mol. The summed E-state index contributed by atoms with van der Waals surface area (Å²) in [5.74, 6) is -1.50. The van der Waals surface area contributed by atoms with Crippen LogP contribution in [0.2, 0.25) is 0 Å². The zero-order valence-electron chi connectivity index (χ0n) is 12.5. The average Bonchev–Trinajstić information content (AvgIpc) is 3.04. The largest absolute Gasteiger partial charge is 0.369 e. The number of nitrogens with zero attached hydrogens (tertiary/aromatic N) is 1. The van der Waals surface area contributed by atoms with E-state index in [2.05, 4.69) is 10.3 Å². The minimum Gasteiger partial charge on any atom is -0.369 e. The van der Waals surface area contributed by atoms with Gasteiger partial charge < -0.3 is 11.1 Å². The van der Waals surface area contributed by atoms with Crippen LogP contribution >= 0.6 is 11.3 Å². The number of hydrogen-bond donors (Lipinski definition) is 2. The lowest BCUT2D eigenvalue weighted by molar-refractivity contribution is -0.123. The second-order valence-electron chi connectivity index (χ2n) is 5.16. The molecule has 0 aliphatic heterocycles. The van der Waals surface area contributed by atoms with Crippen molar-refractivity contribution in [3.63, 3.8) is 0 Å². The summed E-state index contributed by atoms with van der Waals surface area (Å²) < 4.78 is 12.9. The number of aryl methyl sites for hydroxylation is 1. The third kappa shape index (κ3) is 5.78. The quantitative estimate of drug-likeness (QED) is 0.769. The molecule has 0 fully saturated rings. The summed E-state index contributed by atoms with van der Waals surface area (Å²) in [7, 11) is 0. The molecule has 1 heterocycles. The number of carbonyl (C=O) groups is 2. The Morgan fingerprint density at radius 1 is 1.30 bits per heavy atom. The molecule has 1 aromatic carbocycles. The van der Waals surface area contributed by atoms with Crippen LogP contribution in [0.5, 0.6) is 0 Å². The van der Waals surface area contributed by atoms with Gasteiger partial charge in [0, 0.05) is 31.0 Å². The van der Waals surface area contributed by atoms with Crippen molar-refractivity contribution >= 4 is 23.2 Å². The molecule has 0 saturated carbocycles. The van der Waals surface area contributed by atoms with Gasteiger partial charge in [-0.25, -0.2) is 9.37 Å². The molecule has 2 rings (SSSR count). The first kappa shape index (κ1) is 17.1. The number of rotatable bonds is 8. The smallest absolute Gasteiger partial charge is 0.222 e. The Morgan fingerprint density at radius 2 is 2.04 bits per heavy atom. The highest BCUT2D eigenvalue weighted by atomic mass is 32.1. The van der Waals surface area contributed by atoms with Gasteiger partial charge in [-0.1, -0.05) is 12.1 Å². The van der Waals surface area contributed by atoms with E-state index in [0.717, 1.165) is 10.6 Å². The van der Waals surface area contributed by atoms with Crippen molar-refractivity contribution in [2.24, 2.45) is 11.7 Å². The molecule has 0 unspecified atom stereocenters. The fourth-order valence-corrected chi connectivity index (χ4v) is 2.72. The van der Waals surface area contributed by atoms with Gasteiger partial charge in [0.2, 0.25) is 11.8 Å². The van der Waals surface area contributed by atoms with Gasteiger partial charge in [-0.05, 0) is 24.1 Å². The Kier molecular flexibility index (Phi) is 6.22. The van der Waals surface area contributed by atoms with Gasteiger partial charge in [0.15, 0.2) is 0 Å². The average molecular weight is 335 g/mol. The van der Waals surface area contributed by atoms with Crippen LogP contribution in [0, 0.1) is 11.7 Å². The van der Waals surface area contributed by atoms with Crippen molar-refractivity contribution < 1.29 is 14.0 Å².